The number of benzene rings is 1. The van der Waals surface area contributed by atoms with Crippen LogP contribution in [0.15, 0.2) is 38.8 Å². The van der Waals surface area contributed by atoms with Crippen molar-refractivity contribution in [2.45, 2.75) is 36.1 Å². The number of amides is 1. The summed E-state index contributed by atoms with van der Waals surface area (Å²) in [6.45, 7) is 0.926. The van der Waals surface area contributed by atoms with Crippen LogP contribution in [0.25, 0.3) is 10.2 Å². The molecule has 0 spiro atoms. The van der Waals surface area contributed by atoms with Gasteiger partial charge in [-0.3, -0.25) is 9.59 Å². The molecule has 13 heteroatoms. The number of rotatable bonds is 5. The molecule has 5 rings (SSSR count). The molecule has 2 aliphatic rings. The highest BCUT2D eigenvalue weighted by atomic mass is 32.2. The van der Waals surface area contributed by atoms with Crippen LogP contribution in [0.3, 0.4) is 0 Å². The highest BCUT2D eigenvalue weighted by Crippen LogP contribution is 2.36. The molecule has 1 saturated heterocycles. The van der Waals surface area contributed by atoms with E-state index in [1.54, 1.807) is 28.1 Å². The maximum absolute atomic E-state index is 13.4. The van der Waals surface area contributed by atoms with Crippen LogP contribution in [0, 0.1) is 0 Å². The Morgan fingerprint density at radius 3 is 2.69 bits per heavy atom. The third kappa shape index (κ3) is 4.60. The Kier molecular flexibility index (Phi) is 6.66. The van der Waals surface area contributed by atoms with Crippen molar-refractivity contribution in [3.8, 4) is 11.5 Å². The lowest BCUT2D eigenvalue weighted by Crippen LogP contribution is -2.47. The van der Waals surface area contributed by atoms with E-state index in [0.29, 0.717) is 43.1 Å². The van der Waals surface area contributed by atoms with Gasteiger partial charge in [0.15, 0.2) is 16.3 Å². The fourth-order valence-corrected chi connectivity index (χ4v) is 7.99. The molecule has 0 unspecified atom stereocenters. The SMILES string of the molecule is COC(=O)Cn1c(=NC(=O)[C@@H]2CCCCN2S(=O)(=O)c2cccs2)sc2cc3c(cc21)OCCO3. The molecule has 1 atom stereocenters. The minimum Gasteiger partial charge on any atom is -0.486 e. The molecule has 3 aromatic rings. The van der Waals surface area contributed by atoms with Crippen molar-refractivity contribution in [2.75, 3.05) is 26.9 Å². The highest BCUT2D eigenvalue weighted by molar-refractivity contribution is 7.91. The van der Waals surface area contributed by atoms with Crippen LogP contribution in [0.2, 0.25) is 0 Å². The van der Waals surface area contributed by atoms with Crippen LogP contribution in [-0.2, 0) is 30.9 Å². The molecule has 1 fully saturated rings. The Labute approximate surface area is 209 Å². The number of hydrogen-bond acceptors (Lipinski definition) is 9. The quantitative estimate of drug-likeness (QED) is 0.459. The summed E-state index contributed by atoms with van der Waals surface area (Å²) in [4.78, 5) is 30.2. The van der Waals surface area contributed by atoms with Crippen LogP contribution in [0.5, 0.6) is 11.5 Å². The lowest BCUT2D eigenvalue weighted by molar-refractivity contribution is -0.141. The van der Waals surface area contributed by atoms with Gasteiger partial charge in [0.25, 0.3) is 15.9 Å². The smallest absolute Gasteiger partial charge is 0.325 e. The average Bonchev–Trinajstić information content (AvgIpc) is 3.52. The van der Waals surface area contributed by atoms with Crippen molar-refractivity contribution >= 4 is 54.8 Å². The van der Waals surface area contributed by atoms with Gasteiger partial charge >= 0.3 is 5.97 Å². The minimum absolute atomic E-state index is 0.163. The molecule has 2 aliphatic heterocycles. The Hall–Kier alpha value is -2.74. The Bertz CT molecular complexity index is 1440. The number of nitrogens with zero attached hydrogens (tertiary/aromatic N) is 3. The molecule has 1 aromatic carbocycles. The molecule has 35 heavy (non-hydrogen) atoms. The first-order valence-corrected chi connectivity index (χ1v) is 14.2. The third-order valence-electron chi connectivity index (χ3n) is 5.86. The summed E-state index contributed by atoms with van der Waals surface area (Å²) in [6, 6.07) is 5.84. The van der Waals surface area contributed by atoms with Gasteiger partial charge in [-0.1, -0.05) is 23.8 Å². The number of thiazole rings is 1. The number of piperidine rings is 1. The fourth-order valence-electron chi connectivity index (χ4n) is 4.17. The van der Waals surface area contributed by atoms with Gasteiger partial charge < -0.3 is 18.8 Å². The number of sulfonamides is 1. The number of carbonyl (C=O) groups is 2. The molecule has 0 saturated carbocycles. The number of esters is 1. The summed E-state index contributed by atoms with van der Waals surface area (Å²) in [5, 5.41) is 1.69. The lowest BCUT2D eigenvalue weighted by atomic mass is 10.0. The second-order valence-corrected chi connectivity index (χ2v) is 12.1. The van der Waals surface area contributed by atoms with Crippen LogP contribution in [-0.4, -0.2) is 62.1 Å². The van der Waals surface area contributed by atoms with Gasteiger partial charge in [-0.15, -0.1) is 11.3 Å². The number of aromatic nitrogens is 1. The van der Waals surface area contributed by atoms with E-state index < -0.39 is 27.9 Å². The highest BCUT2D eigenvalue weighted by Gasteiger charge is 2.38. The number of thiophene rings is 1. The van der Waals surface area contributed by atoms with Crippen molar-refractivity contribution in [1.29, 1.82) is 0 Å². The number of carbonyl (C=O) groups excluding carboxylic acids is 2. The van der Waals surface area contributed by atoms with E-state index >= 15 is 0 Å². The average molecular weight is 538 g/mol. The molecule has 0 radical (unpaired) electrons. The monoisotopic (exact) mass is 537 g/mol. The second kappa shape index (κ2) is 9.72. The molecule has 2 aromatic heterocycles. The summed E-state index contributed by atoms with van der Waals surface area (Å²) in [7, 11) is -2.53. The largest absolute Gasteiger partial charge is 0.486 e. The number of fused-ring (bicyclic) bond motifs is 2. The Morgan fingerprint density at radius 1 is 1.20 bits per heavy atom. The van der Waals surface area contributed by atoms with Gasteiger partial charge in [0.1, 0.15) is 30.0 Å². The molecule has 4 heterocycles. The van der Waals surface area contributed by atoms with Crippen LogP contribution in [0.1, 0.15) is 19.3 Å². The Balaban J connectivity index is 1.57. The molecular weight excluding hydrogens is 514 g/mol. The summed E-state index contributed by atoms with van der Waals surface area (Å²) >= 11 is 2.33. The van der Waals surface area contributed by atoms with Crippen molar-refractivity contribution in [3.63, 3.8) is 0 Å². The first-order chi connectivity index (χ1) is 16.9. The first kappa shape index (κ1) is 24.0. The van der Waals surface area contributed by atoms with Crippen LogP contribution in [0.4, 0.5) is 0 Å². The van der Waals surface area contributed by atoms with Gasteiger partial charge in [-0.05, 0) is 24.3 Å². The van der Waals surface area contributed by atoms with Gasteiger partial charge in [0.2, 0.25) is 0 Å². The Morgan fingerprint density at radius 2 is 1.97 bits per heavy atom. The standard InChI is InChI=1S/C22H23N3O7S3/c1-30-19(26)13-24-15-11-16-17(32-9-8-31-16)12-18(15)34-22(24)23-21(27)14-5-2-3-7-25(14)35(28,29)20-6-4-10-33-20/h4,6,10-12,14H,2-3,5,7-9,13H2,1H3/t14-/m0/s1. The van der Waals surface area contributed by atoms with E-state index in [1.165, 1.54) is 28.8 Å². The van der Waals surface area contributed by atoms with E-state index in [1.807, 2.05) is 0 Å². The molecular formula is C22H23N3O7S3. The van der Waals surface area contributed by atoms with Crippen molar-refractivity contribution in [3.05, 3.63) is 34.4 Å². The molecule has 1 amide bonds. The van der Waals surface area contributed by atoms with Crippen molar-refractivity contribution < 1.29 is 32.2 Å². The van der Waals surface area contributed by atoms with Crippen molar-refractivity contribution in [2.24, 2.45) is 4.99 Å². The third-order valence-corrected chi connectivity index (χ3v) is 10.2. The molecule has 186 valence electrons. The van der Waals surface area contributed by atoms with Gasteiger partial charge in [-0.2, -0.15) is 9.30 Å². The predicted octanol–water partition coefficient (Wildman–Crippen LogP) is 2.38. The zero-order valence-corrected chi connectivity index (χ0v) is 21.3. The van der Waals surface area contributed by atoms with Gasteiger partial charge in [0, 0.05) is 18.7 Å². The predicted molar refractivity (Wildman–Crippen MR) is 129 cm³/mol. The van der Waals surface area contributed by atoms with E-state index in [9.17, 15) is 18.0 Å². The zero-order chi connectivity index (χ0) is 24.6. The van der Waals surface area contributed by atoms with Crippen molar-refractivity contribution in [1.82, 2.24) is 8.87 Å². The second-order valence-electron chi connectivity index (χ2n) is 8.02. The maximum Gasteiger partial charge on any atom is 0.325 e. The fraction of sp³-hybridized carbons (Fsp3) is 0.409. The molecule has 0 bridgehead atoms. The molecule has 0 N–H and O–H groups in total. The lowest BCUT2D eigenvalue weighted by Gasteiger charge is -2.31. The summed E-state index contributed by atoms with van der Waals surface area (Å²) in [6.07, 6.45) is 1.77. The van der Waals surface area contributed by atoms with E-state index in [0.717, 1.165) is 22.5 Å². The van der Waals surface area contributed by atoms with Crippen LogP contribution < -0.4 is 14.3 Å². The summed E-state index contributed by atoms with van der Waals surface area (Å²) < 4.78 is 46.4. The number of methoxy groups -OCH3 is 1. The van der Waals surface area contributed by atoms with E-state index in [-0.39, 0.29) is 22.1 Å². The zero-order valence-electron chi connectivity index (χ0n) is 18.8. The summed E-state index contributed by atoms with van der Waals surface area (Å²) in [5.41, 5.74) is 0.642. The number of hydrogen-bond donors (Lipinski definition) is 0. The van der Waals surface area contributed by atoms with Gasteiger partial charge in [-0.25, -0.2) is 8.42 Å². The first-order valence-electron chi connectivity index (χ1n) is 11.0. The van der Waals surface area contributed by atoms with Crippen LogP contribution >= 0.6 is 22.7 Å². The minimum atomic E-state index is -3.81. The normalized spacial score (nSPS) is 19.1. The molecule has 0 aliphatic carbocycles. The van der Waals surface area contributed by atoms with Gasteiger partial charge in [0.05, 0.1) is 17.3 Å². The maximum atomic E-state index is 13.4. The summed E-state index contributed by atoms with van der Waals surface area (Å²) in [5.74, 6) is 0.0486. The number of ether oxygens (including phenoxy) is 3. The molecule has 10 nitrogen and oxygen atoms in total. The van der Waals surface area contributed by atoms with E-state index in [4.69, 9.17) is 14.2 Å². The van der Waals surface area contributed by atoms with E-state index in [2.05, 4.69) is 4.99 Å². The topological polar surface area (TPSA) is 116 Å².